The molecule has 1 aliphatic heterocycles. The fourth-order valence-corrected chi connectivity index (χ4v) is 4.94. The van der Waals surface area contributed by atoms with E-state index in [1.807, 2.05) is 30.5 Å². The van der Waals surface area contributed by atoms with Gasteiger partial charge in [0.05, 0.1) is 16.1 Å². The number of pyridine rings is 2. The molecule has 1 N–H and O–H groups in total. The lowest BCUT2D eigenvalue weighted by Gasteiger charge is -2.40. The predicted octanol–water partition coefficient (Wildman–Crippen LogP) is 6.22. The van der Waals surface area contributed by atoms with Crippen LogP contribution in [0.4, 0.5) is 19.0 Å². The molecular formula is C27H26BrF3N4O2. The van der Waals surface area contributed by atoms with E-state index in [1.165, 1.54) is 6.07 Å². The quantitative estimate of drug-likeness (QED) is 0.179. The molecule has 4 aromatic rings. The zero-order valence-corrected chi connectivity index (χ0v) is 21.6. The number of hydrogen-bond donors (Lipinski definition) is 1. The third kappa shape index (κ3) is 6.31. The van der Waals surface area contributed by atoms with E-state index in [4.69, 9.17) is 9.72 Å². The van der Waals surface area contributed by atoms with Crippen LogP contribution in [0.25, 0.3) is 21.7 Å². The summed E-state index contributed by atoms with van der Waals surface area (Å²) in [6.45, 7) is 3.66. The zero-order valence-electron chi connectivity index (χ0n) is 20.0. The summed E-state index contributed by atoms with van der Waals surface area (Å²) in [5.41, 5.74) is 1.84. The molecule has 0 unspecified atom stereocenters. The maximum absolute atomic E-state index is 12.4. The highest BCUT2D eigenvalue weighted by atomic mass is 79.9. The van der Waals surface area contributed by atoms with Gasteiger partial charge in [-0.1, -0.05) is 24.3 Å². The van der Waals surface area contributed by atoms with Crippen LogP contribution in [0.15, 0.2) is 65.4 Å². The minimum Gasteiger partial charge on any atom is -0.405 e. The fraction of sp³-hybridized carbons (Fsp3) is 0.333. The summed E-state index contributed by atoms with van der Waals surface area (Å²) >= 11 is 3.13. The number of aromatic nitrogens is 2. The van der Waals surface area contributed by atoms with Gasteiger partial charge in [-0.3, -0.25) is 4.98 Å². The summed E-state index contributed by atoms with van der Waals surface area (Å²) in [7, 11) is 0. The Morgan fingerprint density at radius 1 is 1.03 bits per heavy atom. The molecule has 1 aliphatic rings. The predicted molar refractivity (Wildman–Crippen MR) is 141 cm³/mol. The number of unbranched alkanes of at least 4 members (excludes halogenated alkanes) is 1. The highest BCUT2D eigenvalue weighted by molar-refractivity contribution is 9.10. The lowest BCUT2D eigenvalue weighted by atomic mass is 10.1. The van der Waals surface area contributed by atoms with Crippen LogP contribution >= 0.6 is 15.9 Å². The van der Waals surface area contributed by atoms with Crippen LogP contribution in [0.5, 0.6) is 5.75 Å². The average molecular weight is 575 g/mol. The third-order valence-corrected chi connectivity index (χ3v) is 6.90. The Bertz CT molecular complexity index is 1380. The number of ether oxygens (including phenoxy) is 2. The number of halogens is 4. The van der Waals surface area contributed by atoms with Crippen LogP contribution in [-0.4, -0.2) is 48.7 Å². The maximum Gasteiger partial charge on any atom is 0.573 e. The van der Waals surface area contributed by atoms with Crippen molar-refractivity contribution in [2.75, 3.05) is 31.1 Å². The number of para-hydroxylation sites is 1. The highest BCUT2D eigenvalue weighted by Gasteiger charge is 2.32. The van der Waals surface area contributed by atoms with Crippen molar-refractivity contribution >= 4 is 43.4 Å². The molecular weight excluding hydrogens is 549 g/mol. The van der Waals surface area contributed by atoms with E-state index >= 15 is 0 Å². The molecule has 0 radical (unpaired) electrons. The molecule has 1 saturated heterocycles. The van der Waals surface area contributed by atoms with E-state index in [0.29, 0.717) is 13.2 Å². The lowest BCUT2D eigenvalue weighted by molar-refractivity contribution is -0.274. The van der Waals surface area contributed by atoms with Gasteiger partial charge >= 0.3 is 6.36 Å². The van der Waals surface area contributed by atoms with E-state index in [2.05, 4.69) is 41.9 Å². The first-order valence-corrected chi connectivity index (χ1v) is 12.9. The summed E-state index contributed by atoms with van der Waals surface area (Å²) in [4.78, 5) is 11.5. The second kappa shape index (κ2) is 11.2. The second-order valence-corrected chi connectivity index (χ2v) is 9.82. The molecule has 1 fully saturated rings. The van der Waals surface area contributed by atoms with E-state index in [0.717, 1.165) is 65.5 Å². The Morgan fingerprint density at radius 2 is 1.86 bits per heavy atom. The molecule has 2 aromatic carbocycles. The number of nitrogens with zero attached hydrogens (tertiary/aromatic N) is 3. The van der Waals surface area contributed by atoms with Crippen LogP contribution in [0, 0.1) is 0 Å². The summed E-state index contributed by atoms with van der Waals surface area (Å²) in [6, 6.07) is 14.7. The van der Waals surface area contributed by atoms with Gasteiger partial charge in [0.1, 0.15) is 11.6 Å². The number of alkyl halides is 3. The second-order valence-electron chi connectivity index (χ2n) is 8.97. The molecule has 2 aromatic heterocycles. The number of nitrogens with one attached hydrogen (secondary N) is 1. The van der Waals surface area contributed by atoms with Crippen molar-refractivity contribution in [1.82, 2.24) is 15.3 Å². The van der Waals surface area contributed by atoms with Crippen LogP contribution < -0.4 is 15.0 Å². The van der Waals surface area contributed by atoms with Crippen molar-refractivity contribution in [3.8, 4) is 5.75 Å². The molecule has 0 bridgehead atoms. The highest BCUT2D eigenvalue weighted by Crippen LogP contribution is 2.33. The Kier molecular flexibility index (Phi) is 7.78. The third-order valence-electron chi connectivity index (χ3n) is 6.28. The van der Waals surface area contributed by atoms with Gasteiger partial charge in [0.15, 0.2) is 0 Å². The van der Waals surface area contributed by atoms with Crippen LogP contribution in [-0.2, 0) is 11.3 Å². The van der Waals surface area contributed by atoms with Crippen molar-refractivity contribution in [1.29, 1.82) is 0 Å². The van der Waals surface area contributed by atoms with Crippen molar-refractivity contribution in [2.45, 2.75) is 31.9 Å². The normalized spacial score (nSPS) is 14.3. The standard InChI is InChI=1S/C27H26BrF3N4O2/c28-23-13-18(7-8-25(23)37-27(29,30)31)14-32-10-3-4-12-36-19-16-35(17-19)26-21-9-11-33-15-22(21)20-5-1-2-6-24(20)34-26/h1-2,5-9,11,13,15,19,32H,3-4,10,12,14,16-17H2. The Morgan fingerprint density at radius 3 is 2.68 bits per heavy atom. The lowest BCUT2D eigenvalue weighted by Crippen LogP contribution is -2.52. The summed E-state index contributed by atoms with van der Waals surface area (Å²) in [6.07, 6.45) is 1.06. The molecule has 10 heteroatoms. The molecule has 5 rings (SSSR count). The number of rotatable bonds is 10. The Hall–Kier alpha value is -2.95. The molecule has 0 saturated carbocycles. The summed E-state index contributed by atoms with van der Waals surface area (Å²) in [5, 5.41) is 6.63. The van der Waals surface area contributed by atoms with E-state index in [-0.39, 0.29) is 16.3 Å². The van der Waals surface area contributed by atoms with Crippen molar-refractivity contribution in [3.05, 3.63) is 71.0 Å². The number of anilines is 1. The van der Waals surface area contributed by atoms with Crippen molar-refractivity contribution < 1.29 is 22.6 Å². The largest absolute Gasteiger partial charge is 0.573 e. The Labute approximate surface area is 220 Å². The van der Waals surface area contributed by atoms with E-state index in [9.17, 15) is 13.2 Å². The molecule has 37 heavy (non-hydrogen) atoms. The van der Waals surface area contributed by atoms with Gasteiger partial charge in [-0.05, 0) is 65.1 Å². The van der Waals surface area contributed by atoms with Gasteiger partial charge in [0, 0.05) is 54.8 Å². The average Bonchev–Trinajstić information content (AvgIpc) is 2.85. The van der Waals surface area contributed by atoms with E-state index in [1.54, 1.807) is 18.3 Å². The Balaban J connectivity index is 1.02. The van der Waals surface area contributed by atoms with Crippen LogP contribution in [0.2, 0.25) is 0 Å². The smallest absolute Gasteiger partial charge is 0.405 e. The summed E-state index contributed by atoms with van der Waals surface area (Å²) in [5.74, 6) is 0.731. The number of benzene rings is 2. The first-order chi connectivity index (χ1) is 17.9. The minimum atomic E-state index is -4.71. The molecule has 3 heterocycles. The molecule has 0 atom stereocenters. The van der Waals surface area contributed by atoms with Gasteiger partial charge < -0.3 is 19.7 Å². The fourth-order valence-electron chi connectivity index (χ4n) is 4.43. The summed E-state index contributed by atoms with van der Waals surface area (Å²) < 4.78 is 47.4. The van der Waals surface area contributed by atoms with Crippen molar-refractivity contribution in [3.63, 3.8) is 0 Å². The van der Waals surface area contributed by atoms with Gasteiger partial charge in [-0.2, -0.15) is 0 Å². The molecule has 194 valence electrons. The zero-order chi connectivity index (χ0) is 25.8. The topological polar surface area (TPSA) is 59.5 Å². The number of fused-ring (bicyclic) bond motifs is 3. The number of hydrogen-bond acceptors (Lipinski definition) is 6. The van der Waals surface area contributed by atoms with Gasteiger partial charge in [0.25, 0.3) is 0 Å². The molecule has 0 aliphatic carbocycles. The first-order valence-electron chi connectivity index (χ1n) is 12.1. The maximum atomic E-state index is 12.4. The van der Waals surface area contributed by atoms with Crippen molar-refractivity contribution in [2.24, 2.45) is 0 Å². The van der Waals surface area contributed by atoms with Gasteiger partial charge in [0.2, 0.25) is 0 Å². The minimum absolute atomic E-state index is 0.188. The first kappa shape index (κ1) is 25.7. The van der Waals surface area contributed by atoms with Gasteiger partial charge in [-0.15, -0.1) is 13.2 Å². The SMILES string of the molecule is FC(F)(F)Oc1ccc(CNCCCCOC2CN(c3nc4ccccc4c4cnccc34)C2)cc1Br. The molecule has 6 nitrogen and oxygen atoms in total. The monoisotopic (exact) mass is 574 g/mol. The van der Waals surface area contributed by atoms with Crippen LogP contribution in [0.1, 0.15) is 18.4 Å². The molecule has 0 spiro atoms. The van der Waals surface area contributed by atoms with Gasteiger partial charge in [-0.25, -0.2) is 4.98 Å². The van der Waals surface area contributed by atoms with E-state index < -0.39 is 6.36 Å². The molecule has 0 amide bonds. The van der Waals surface area contributed by atoms with Crippen LogP contribution in [0.3, 0.4) is 0 Å².